The van der Waals surface area contributed by atoms with Crippen molar-refractivity contribution in [1.29, 1.82) is 0 Å². The Hall–Kier alpha value is -2.67. The highest BCUT2D eigenvalue weighted by Gasteiger charge is 2.09. The summed E-state index contributed by atoms with van der Waals surface area (Å²) in [5.74, 6) is -1.02. The van der Waals surface area contributed by atoms with Crippen molar-refractivity contribution < 1.29 is 14.3 Å². The predicted octanol–water partition coefficient (Wildman–Crippen LogP) is 2.16. The van der Waals surface area contributed by atoms with E-state index < -0.39 is 5.91 Å². The van der Waals surface area contributed by atoms with Crippen LogP contribution in [0.2, 0.25) is 0 Å². The van der Waals surface area contributed by atoms with Crippen LogP contribution < -0.4 is 16.2 Å². The lowest BCUT2D eigenvalue weighted by atomic mass is 10.2. The molecule has 0 aliphatic heterocycles. The maximum Gasteiger partial charge on any atom is 0.273 e. The number of carbonyl (C=O) groups excluding carboxylic acids is 1. The fraction of sp³-hybridized carbons (Fsp3) is 0. The molecule has 21 heavy (non-hydrogen) atoms. The molecule has 0 spiro atoms. The molecule has 0 aliphatic carbocycles. The molecule has 0 heterocycles. The van der Waals surface area contributed by atoms with E-state index in [1.54, 1.807) is 12.1 Å². The van der Waals surface area contributed by atoms with Crippen molar-refractivity contribution in [2.45, 2.75) is 0 Å². The molecule has 0 atom stereocenters. The third-order valence-corrected chi connectivity index (χ3v) is 2.74. The number of para-hydroxylation sites is 1. The Morgan fingerprint density at radius 2 is 1.71 bits per heavy atom. The lowest BCUT2D eigenvalue weighted by molar-refractivity contribution is 0.0941. The number of benzene rings is 2. The number of rotatable bonds is 2. The summed E-state index contributed by atoms with van der Waals surface area (Å²) >= 11 is 4.98. The highest BCUT2D eigenvalue weighted by molar-refractivity contribution is 7.80. The second-order valence-electron chi connectivity index (χ2n) is 4.06. The fourth-order valence-corrected chi connectivity index (χ4v) is 1.71. The minimum atomic E-state index is -0.531. The molecule has 1 amide bonds. The Labute approximate surface area is 125 Å². The van der Waals surface area contributed by atoms with Crippen LogP contribution in [0.4, 0.5) is 10.1 Å². The highest BCUT2D eigenvalue weighted by Crippen LogP contribution is 2.14. The quantitative estimate of drug-likeness (QED) is 0.505. The van der Waals surface area contributed by atoms with Crippen LogP contribution in [0.5, 0.6) is 5.75 Å². The summed E-state index contributed by atoms with van der Waals surface area (Å²) in [6, 6.07) is 11.7. The van der Waals surface area contributed by atoms with Gasteiger partial charge in [-0.25, -0.2) is 4.39 Å². The molecule has 0 bridgehead atoms. The number of amides is 1. The predicted molar refractivity (Wildman–Crippen MR) is 81.3 cm³/mol. The van der Waals surface area contributed by atoms with Gasteiger partial charge < -0.3 is 10.4 Å². The van der Waals surface area contributed by atoms with E-state index in [-0.39, 0.29) is 22.2 Å². The molecule has 0 saturated heterocycles. The summed E-state index contributed by atoms with van der Waals surface area (Å²) in [6.45, 7) is 0. The van der Waals surface area contributed by atoms with Gasteiger partial charge in [-0.05, 0) is 48.6 Å². The molecule has 2 aromatic rings. The van der Waals surface area contributed by atoms with E-state index in [2.05, 4.69) is 16.2 Å². The van der Waals surface area contributed by atoms with Gasteiger partial charge in [-0.1, -0.05) is 12.1 Å². The van der Waals surface area contributed by atoms with Crippen LogP contribution in [0.1, 0.15) is 10.4 Å². The summed E-state index contributed by atoms with van der Waals surface area (Å²) in [6.07, 6.45) is 0. The van der Waals surface area contributed by atoms with Gasteiger partial charge in [0, 0.05) is 5.69 Å². The van der Waals surface area contributed by atoms with Crippen molar-refractivity contribution in [2.75, 3.05) is 5.32 Å². The van der Waals surface area contributed by atoms with Gasteiger partial charge in [-0.15, -0.1) is 0 Å². The van der Waals surface area contributed by atoms with E-state index in [1.807, 2.05) is 0 Å². The van der Waals surface area contributed by atoms with E-state index in [0.29, 0.717) is 5.69 Å². The van der Waals surface area contributed by atoms with Crippen molar-refractivity contribution in [2.24, 2.45) is 0 Å². The van der Waals surface area contributed by atoms with Gasteiger partial charge in [0.05, 0.1) is 5.56 Å². The Kier molecular flexibility index (Phi) is 4.68. The Balaban J connectivity index is 1.88. The molecule has 0 saturated carbocycles. The van der Waals surface area contributed by atoms with Crippen LogP contribution in [0, 0.1) is 5.82 Å². The molecule has 2 rings (SSSR count). The topological polar surface area (TPSA) is 73.4 Å². The lowest BCUT2D eigenvalue weighted by Crippen LogP contribution is -2.43. The standard InChI is InChI=1S/C14H12FN3O2S/c15-9-5-7-10(8-6-9)16-14(21)18-17-13(20)11-3-1-2-4-12(11)19/h1-8,19H,(H,17,20)(H2,16,18,21). The van der Waals surface area contributed by atoms with Crippen LogP contribution >= 0.6 is 12.2 Å². The first-order valence-electron chi connectivity index (χ1n) is 5.97. The van der Waals surface area contributed by atoms with Crippen LogP contribution in [0.25, 0.3) is 0 Å². The average molecular weight is 305 g/mol. The van der Waals surface area contributed by atoms with Gasteiger partial charge in [0.1, 0.15) is 11.6 Å². The highest BCUT2D eigenvalue weighted by atomic mass is 32.1. The third kappa shape index (κ3) is 4.15. The van der Waals surface area contributed by atoms with E-state index in [9.17, 15) is 14.3 Å². The van der Waals surface area contributed by atoms with Crippen molar-refractivity contribution >= 4 is 28.9 Å². The zero-order valence-electron chi connectivity index (χ0n) is 10.8. The molecule has 0 aliphatic rings. The minimum Gasteiger partial charge on any atom is -0.507 e. The zero-order valence-corrected chi connectivity index (χ0v) is 11.6. The summed E-state index contributed by atoms with van der Waals surface area (Å²) in [5.41, 5.74) is 5.53. The molecule has 0 aromatic heterocycles. The first-order chi connectivity index (χ1) is 10.1. The van der Waals surface area contributed by atoms with Crippen LogP contribution in [0.3, 0.4) is 0 Å². The number of phenols is 1. The van der Waals surface area contributed by atoms with Gasteiger partial charge in [-0.2, -0.15) is 0 Å². The van der Waals surface area contributed by atoms with Crippen LogP contribution in [-0.4, -0.2) is 16.1 Å². The zero-order chi connectivity index (χ0) is 15.2. The molecular formula is C14H12FN3O2S. The summed E-state index contributed by atoms with van der Waals surface area (Å²) < 4.78 is 12.7. The average Bonchev–Trinajstić information content (AvgIpc) is 2.48. The molecule has 7 heteroatoms. The third-order valence-electron chi connectivity index (χ3n) is 2.54. The number of carbonyl (C=O) groups is 1. The van der Waals surface area contributed by atoms with Gasteiger partial charge in [0.2, 0.25) is 0 Å². The second kappa shape index (κ2) is 6.67. The van der Waals surface area contributed by atoms with Gasteiger partial charge in [0.25, 0.3) is 5.91 Å². The molecule has 0 radical (unpaired) electrons. The number of nitrogens with one attached hydrogen (secondary N) is 3. The Morgan fingerprint density at radius 1 is 1.05 bits per heavy atom. The molecule has 0 fully saturated rings. The largest absolute Gasteiger partial charge is 0.507 e. The van der Waals surface area contributed by atoms with Crippen molar-refractivity contribution in [3.8, 4) is 5.75 Å². The smallest absolute Gasteiger partial charge is 0.273 e. The number of aromatic hydroxyl groups is 1. The summed E-state index contributed by atoms with van der Waals surface area (Å²) in [5, 5.41) is 12.4. The number of phenolic OH excluding ortho intramolecular Hbond substituents is 1. The normalized spacial score (nSPS) is 9.76. The lowest BCUT2D eigenvalue weighted by Gasteiger charge is -2.12. The molecule has 5 nitrogen and oxygen atoms in total. The summed E-state index contributed by atoms with van der Waals surface area (Å²) in [7, 11) is 0. The van der Waals surface area contributed by atoms with Crippen molar-refractivity contribution in [1.82, 2.24) is 10.9 Å². The number of thiocarbonyl (C=S) groups is 1. The molecule has 108 valence electrons. The first kappa shape index (κ1) is 14.7. The number of hydrogen-bond acceptors (Lipinski definition) is 3. The maximum atomic E-state index is 12.7. The molecular weight excluding hydrogens is 293 g/mol. The van der Waals surface area contributed by atoms with Crippen LogP contribution in [0.15, 0.2) is 48.5 Å². The molecule has 0 unspecified atom stereocenters. The van der Waals surface area contributed by atoms with Crippen LogP contribution in [-0.2, 0) is 0 Å². The van der Waals surface area contributed by atoms with E-state index >= 15 is 0 Å². The van der Waals surface area contributed by atoms with E-state index in [4.69, 9.17) is 12.2 Å². The fourth-order valence-electron chi connectivity index (χ4n) is 1.54. The number of hydrogen-bond donors (Lipinski definition) is 4. The SMILES string of the molecule is O=C(NNC(=S)Nc1ccc(F)cc1)c1ccccc1O. The second-order valence-corrected chi connectivity index (χ2v) is 4.47. The van der Waals surface area contributed by atoms with Crippen molar-refractivity contribution in [3.63, 3.8) is 0 Å². The maximum absolute atomic E-state index is 12.7. The van der Waals surface area contributed by atoms with Gasteiger partial charge in [-0.3, -0.25) is 15.6 Å². The Bertz CT molecular complexity index is 662. The van der Waals surface area contributed by atoms with Crippen molar-refractivity contribution in [3.05, 3.63) is 59.9 Å². The number of anilines is 1. The molecule has 4 N–H and O–H groups in total. The minimum absolute atomic E-state index is 0.120. The summed E-state index contributed by atoms with van der Waals surface area (Å²) in [4.78, 5) is 11.8. The van der Waals surface area contributed by atoms with Gasteiger partial charge >= 0.3 is 0 Å². The van der Waals surface area contributed by atoms with Gasteiger partial charge in [0.15, 0.2) is 5.11 Å². The monoisotopic (exact) mass is 305 g/mol. The number of halogens is 1. The first-order valence-corrected chi connectivity index (χ1v) is 6.38. The number of hydrazine groups is 1. The molecule has 2 aromatic carbocycles. The van der Waals surface area contributed by atoms with E-state index in [0.717, 1.165) is 0 Å². The Morgan fingerprint density at radius 3 is 2.38 bits per heavy atom. The van der Waals surface area contributed by atoms with E-state index in [1.165, 1.54) is 36.4 Å².